The number of ether oxygens (including phenoxy) is 2. The first-order chi connectivity index (χ1) is 9.31. The van der Waals surface area contributed by atoms with Crippen LogP contribution >= 0.6 is 0 Å². The van der Waals surface area contributed by atoms with E-state index in [1.165, 1.54) is 0 Å². The highest BCUT2D eigenvalue weighted by atomic mass is 16.5. The van der Waals surface area contributed by atoms with Crippen LogP contribution in [-0.4, -0.2) is 16.2 Å². The van der Waals surface area contributed by atoms with Crippen LogP contribution in [0, 0.1) is 0 Å². The van der Waals surface area contributed by atoms with Crippen molar-refractivity contribution in [3.63, 3.8) is 0 Å². The van der Waals surface area contributed by atoms with E-state index in [9.17, 15) is 0 Å². The van der Waals surface area contributed by atoms with Crippen LogP contribution < -0.4 is 4.74 Å². The number of aromatic nitrogens is 2. The van der Waals surface area contributed by atoms with Crippen LogP contribution in [0.15, 0.2) is 34.9 Å². The molecule has 1 aliphatic rings. The third kappa shape index (κ3) is 2.93. The van der Waals surface area contributed by atoms with Gasteiger partial charge in [0.2, 0.25) is 5.82 Å². The van der Waals surface area contributed by atoms with Gasteiger partial charge in [0, 0.05) is 0 Å². The van der Waals surface area contributed by atoms with E-state index < -0.39 is 0 Å². The quantitative estimate of drug-likeness (QED) is 0.846. The Labute approximate surface area is 111 Å². The molecule has 0 bridgehead atoms. The third-order valence-corrected chi connectivity index (χ3v) is 3.10. The second-order valence-corrected chi connectivity index (χ2v) is 4.66. The van der Waals surface area contributed by atoms with Crippen molar-refractivity contribution in [2.75, 3.05) is 0 Å². The zero-order valence-electron chi connectivity index (χ0n) is 10.8. The summed E-state index contributed by atoms with van der Waals surface area (Å²) in [6.07, 6.45) is 2.17. The van der Waals surface area contributed by atoms with Gasteiger partial charge in [0.15, 0.2) is 6.61 Å². The summed E-state index contributed by atoms with van der Waals surface area (Å²) in [7, 11) is 0. The molecule has 1 aliphatic heterocycles. The molecule has 19 heavy (non-hydrogen) atoms. The summed E-state index contributed by atoms with van der Waals surface area (Å²) in [6.45, 7) is 2.35. The van der Waals surface area contributed by atoms with Crippen LogP contribution in [-0.2, 0) is 11.3 Å². The number of para-hydroxylation sites is 1. The summed E-state index contributed by atoms with van der Waals surface area (Å²) >= 11 is 0. The fourth-order valence-electron chi connectivity index (χ4n) is 2.11. The lowest BCUT2D eigenvalue weighted by atomic mass is 10.2. The number of rotatable bonds is 4. The second-order valence-electron chi connectivity index (χ2n) is 4.66. The van der Waals surface area contributed by atoms with Crippen LogP contribution in [0.1, 0.15) is 37.6 Å². The highest BCUT2D eigenvalue weighted by Crippen LogP contribution is 2.31. The monoisotopic (exact) mass is 260 g/mol. The Morgan fingerprint density at radius 1 is 1.26 bits per heavy atom. The Bertz CT molecular complexity index is 526. The van der Waals surface area contributed by atoms with Gasteiger partial charge in [0.25, 0.3) is 5.89 Å². The summed E-state index contributed by atoms with van der Waals surface area (Å²) in [6, 6.07) is 9.57. The largest absolute Gasteiger partial charge is 0.485 e. The predicted octanol–water partition coefficient (Wildman–Crippen LogP) is 2.89. The van der Waals surface area contributed by atoms with Gasteiger partial charge in [0.05, 0.1) is 6.10 Å². The van der Waals surface area contributed by atoms with Gasteiger partial charge >= 0.3 is 0 Å². The minimum Gasteiger partial charge on any atom is -0.485 e. The number of benzene rings is 1. The average Bonchev–Trinajstić information content (AvgIpc) is 3.06. The molecule has 1 aromatic heterocycles. The summed E-state index contributed by atoms with van der Waals surface area (Å²) in [5.74, 6) is 1.89. The Morgan fingerprint density at radius 2 is 2.11 bits per heavy atom. The van der Waals surface area contributed by atoms with Crippen molar-refractivity contribution in [2.24, 2.45) is 0 Å². The van der Waals surface area contributed by atoms with Crippen LogP contribution in [0.4, 0.5) is 0 Å². The van der Waals surface area contributed by atoms with Gasteiger partial charge in [-0.1, -0.05) is 23.4 Å². The standard InChI is InChI=1S/C14H16N2O3/c1-10-7-8-12(18-10)14-15-13(16-19-14)9-17-11-5-3-2-4-6-11/h2-6,10,12H,7-9H2,1H3/t10-,12-/m1/s1. The van der Waals surface area contributed by atoms with Gasteiger partial charge in [-0.3, -0.25) is 0 Å². The molecule has 2 heterocycles. The number of nitrogens with zero attached hydrogens (tertiary/aromatic N) is 2. The normalized spacial score (nSPS) is 22.6. The molecule has 0 spiro atoms. The second kappa shape index (κ2) is 5.40. The van der Waals surface area contributed by atoms with Crippen LogP contribution in [0.5, 0.6) is 5.75 Å². The van der Waals surface area contributed by atoms with Crippen LogP contribution in [0.3, 0.4) is 0 Å². The molecule has 2 aromatic rings. The van der Waals surface area contributed by atoms with Gasteiger partial charge in [-0.2, -0.15) is 4.98 Å². The van der Waals surface area contributed by atoms with Crippen molar-refractivity contribution in [2.45, 2.75) is 38.6 Å². The zero-order valence-corrected chi connectivity index (χ0v) is 10.8. The molecule has 1 aromatic carbocycles. The summed E-state index contributed by atoms with van der Waals surface area (Å²) < 4.78 is 16.5. The van der Waals surface area contributed by atoms with Gasteiger partial charge in [-0.15, -0.1) is 0 Å². The molecule has 0 amide bonds. The first-order valence-electron chi connectivity index (χ1n) is 6.47. The van der Waals surface area contributed by atoms with E-state index in [0.717, 1.165) is 18.6 Å². The summed E-state index contributed by atoms with van der Waals surface area (Å²) in [5, 5.41) is 3.91. The summed E-state index contributed by atoms with van der Waals surface area (Å²) in [5.41, 5.74) is 0. The molecule has 3 rings (SSSR count). The average molecular weight is 260 g/mol. The maximum Gasteiger partial charge on any atom is 0.255 e. The third-order valence-electron chi connectivity index (χ3n) is 3.10. The molecule has 1 fully saturated rings. The van der Waals surface area contributed by atoms with E-state index >= 15 is 0 Å². The summed E-state index contributed by atoms with van der Waals surface area (Å²) in [4.78, 5) is 4.31. The van der Waals surface area contributed by atoms with E-state index in [1.807, 2.05) is 30.3 Å². The zero-order chi connectivity index (χ0) is 13.1. The lowest BCUT2D eigenvalue weighted by Crippen LogP contribution is -2.02. The molecular formula is C14H16N2O3. The molecule has 0 radical (unpaired) electrons. The van der Waals surface area contributed by atoms with E-state index in [2.05, 4.69) is 17.1 Å². The Balaban J connectivity index is 1.59. The molecule has 5 nitrogen and oxygen atoms in total. The Hall–Kier alpha value is -1.88. The first kappa shape index (κ1) is 12.2. The molecule has 0 aliphatic carbocycles. The maximum absolute atomic E-state index is 5.69. The molecule has 100 valence electrons. The maximum atomic E-state index is 5.69. The van der Waals surface area contributed by atoms with Gasteiger partial charge in [-0.25, -0.2) is 0 Å². The SMILES string of the molecule is C[C@@H]1CC[C@H](c2nc(COc3ccccc3)no2)O1. The minimum absolute atomic E-state index is 0.0621. The highest BCUT2D eigenvalue weighted by molar-refractivity contribution is 5.20. The molecular weight excluding hydrogens is 244 g/mol. The van der Waals surface area contributed by atoms with Crippen molar-refractivity contribution in [1.29, 1.82) is 0 Å². The highest BCUT2D eigenvalue weighted by Gasteiger charge is 2.28. The minimum atomic E-state index is -0.0621. The number of hydrogen-bond donors (Lipinski definition) is 0. The molecule has 2 atom stereocenters. The van der Waals surface area contributed by atoms with Crippen LogP contribution in [0.25, 0.3) is 0 Å². The van der Waals surface area contributed by atoms with Crippen LogP contribution in [0.2, 0.25) is 0 Å². The Morgan fingerprint density at radius 3 is 2.84 bits per heavy atom. The van der Waals surface area contributed by atoms with Crippen molar-refractivity contribution in [3.05, 3.63) is 42.0 Å². The van der Waals surface area contributed by atoms with Crippen molar-refractivity contribution in [1.82, 2.24) is 10.1 Å². The predicted molar refractivity (Wildman–Crippen MR) is 67.6 cm³/mol. The van der Waals surface area contributed by atoms with Crippen molar-refractivity contribution >= 4 is 0 Å². The fourth-order valence-corrected chi connectivity index (χ4v) is 2.11. The number of hydrogen-bond acceptors (Lipinski definition) is 5. The van der Waals surface area contributed by atoms with Crippen molar-refractivity contribution < 1.29 is 14.0 Å². The lowest BCUT2D eigenvalue weighted by Gasteiger charge is -2.04. The van der Waals surface area contributed by atoms with E-state index in [0.29, 0.717) is 18.3 Å². The molecule has 1 saturated heterocycles. The molecule has 5 heteroatoms. The smallest absolute Gasteiger partial charge is 0.255 e. The van der Waals surface area contributed by atoms with Gasteiger partial charge in [0.1, 0.15) is 11.9 Å². The first-order valence-corrected chi connectivity index (χ1v) is 6.47. The van der Waals surface area contributed by atoms with E-state index in [1.54, 1.807) is 0 Å². The lowest BCUT2D eigenvalue weighted by molar-refractivity contribution is 0.0355. The van der Waals surface area contributed by atoms with Gasteiger partial charge < -0.3 is 14.0 Å². The molecule has 0 N–H and O–H groups in total. The van der Waals surface area contributed by atoms with E-state index in [4.69, 9.17) is 14.0 Å². The molecule has 0 unspecified atom stereocenters. The van der Waals surface area contributed by atoms with Gasteiger partial charge in [-0.05, 0) is 31.9 Å². The topological polar surface area (TPSA) is 57.4 Å². The Kier molecular flexibility index (Phi) is 3.46. The van der Waals surface area contributed by atoms with E-state index in [-0.39, 0.29) is 12.2 Å². The fraction of sp³-hybridized carbons (Fsp3) is 0.429. The van der Waals surface area contributed by atoms with Crippen molar-refractivity contribution in [3.8, 4) is 5.75 Å². The molecule has 0 saturated carbocycles.